The first-order valence-corrected chi connectivity index (χ1v) is 6.65. The van der Waals surface area contributed by atoms with Gasteiger partial charge in [0.25, 0.3) is 0 Å². The molecule has 1 saturated carbocycles. The second-order valence-electron chi connectivity index (χ2n) is 4.21. The topological polar surface area (TPSA) is 17.1 Å². The first-order chi connectivity index (χ1) is 7.27. The molecule has 80 valence electrons. The predicted octanol–water partition coefficient (Wildman–Crippen LogP) is 4.05. The fraction of sp³-hybridized carbons (Fsp3) is 0.462. The van der Waals surface area contributed by atoms with E-state index in [0.29, 0.717) is 5.78 Å². The minimum atomic E-state index is 0.289. The maximum Gasteiger partial charge on any atom is 0.165 e. The van der Waals surface area contributed by atoms with Gasteiger partial charge in [-0.3, -0.25) is 4.79 Å². The average molecular weight is 314 g/mol. The van der Waals surface area contributed by atoms with Crippen LogP contribution in [0.4, 0.5) is 0 Å². The molecule has 1 aliphatic rings. The molecular formula is C13H15IO. The molecule has 15 heavy (non-hydrogen) atoms. The van der Waals surface area contributed by atoms with Gasteiger partial charge >= 0.3 is 0 Å². The minimum Gasteiger partial charge on any atom is -0.294 e. The molecule has 1 aromatic carbocycles. The zero-order valence-electron chi connectivity index (χ0n) is 8.71. The molecule has 0 aliphatic heterocycles. The van der Waals surface area contributed by atoms with Crippen molar-refractivity contribution in [2.45, 2.75) is 32.1 Å². The number of ketones is 1. The summed E-state index contributed by atoms with van der Waals surface area (Å²) in [6, 6.07) is 7.94. The molecule has 0 atom stereocenters. The van der Waals surface area contributed by atoms with Gasteiger partial charge in [0, 0.05) is 15.1 Å². The van der Waals surface area contributed by atoms with Crippen molar-refractivity contribution in [1.29, 1.82) is 0 Å². The molecule has 1 aromatic rings. The summed E-state index contributed by atoms with van der Waals surface area (Å²) in [7, 11) is 0. The van der Waals surface area contributed by atoms with Gasteiger partial charge in [-0.1, -0.05) is 31.4 Å². The Kier molecular flexibility index (Phi) is 3.78. The fourth-order valence-corrected chi connectivity index (χ4v) is 2.79. The summed E-state index contributed by atoms with van der Waals surface area (Å²) in [6.45, 7) is 0. The van der Waals surface area contributed by atoms with Crippen LogP contribution < -0.4 is 0 Å². The standard InChI is InChI=1S/C13H15IO/c14-12-8-4-7-11(9-12)13(15)10-5-2-1-3-6-10/h4,7-10H,1-3,5-6H2. The van der Waals surface area contributed by atoms with Crippen LogP contribution in [0.25, 0.3) is 0 Å². The quantitative estimate of drug-likeness (QED) is 0.594. The van der Waals surface area contributed by atoms with E-state index in [-0.39, 0.29) is 5.92 Å². The third-order valence-electron chi connectivity index (χ3n) is 3.09. The van der Waals surface area contributed by atoms with Gasteiger partial charge in [0.05, 0.1) is 0 Å². The maximum absolute atomic E-state index is 12.1. The van der Waals surface area contributed by atoms with E-state index in [1.165, 1.54) is 19.3 Å². The Morgan fingerprint density at radius 2 is 1.93 bits per heavy atom. The summed E-state index contributed by atoms with van der Waals surface area (Å²) >= 11 is 2.26. The molecular weight excluding hydrogens is 299 g/mol. The average Bonchev–Trinajstić information content (AvgIpc) is 2.29. The molecule has 0 saturated heterocycles. The minimum absolute atomic E-state index is 0.289. The molecule has 0 heterocycles. The molecule has 1 nitrogen and oxygen atoms in total. The summed E-state index contributed by atoms with van der Waals surface area (Å²) in [5.41, 5.74) is 0.897. The largest absolute Gasteiger partial charge is 0.294 e. The van der Waals surface area contributed by atoms with E-state index in [1.54, 1.807) is 0 Å². The van der Waals surface area contributed by atoms with E-state index in [9.17, 15) is 4.79 Å². The molecule has 0 radical (unpaired) electrons. The smallest absolute Gasteiger partial charge is 0.165 e. The molecule has 0 unspecified atom stereocenters. The number of benzene rings is 1. The van der Waals surface area contributed by atoms with Gasteiger partial charge < -0.3 is 0 Å². The molecule has 0 N–H and O–H groups in total. The SMILES string of the molecule is O=C(c1cccc(I)c1)C1CCCCC1. The molecule has 1 aliphatic carbocycles. The van der Waals surface area contributed by atoms with Crippen molar-refractivity contribution in [3.63, 3.8) is 0 Å². The fourth-order valence-electron chi connectivity index (χ4n) is 2.24. The zero-order valence-corrected chi connectivity index (χ0v) is 10.9. The van der Waals surface area contributed by atoms with Crippen LogP contribution in [0.15, 0.2) is 24.3 Å². The van der Waals surface area contributed by atoms with E-state index in [4.69, 9.17) is 0 Å². The second kappa shape index (κ2) is 5.10. The third-order valence-corrected chi connectivity index (χ3v) is 3.76. The maximum atomic E-state index is 12.1. The van der Waals surface area contributed by atoms with Crippen LogP contribution >= 0.6 is 22.6 Å². The lowest BCUT2D eigenvalue weighted by Crippen LogP contribution is -2.17. The van der Waals surface area contributed by atoms with Crippen LogP contribution in [0, 0.1) is 9.49 Å². The Hall–Kier alpha value is -0.380. The van der Waals surface area contributed by atoms with Crippen molar-refractivity contribution in [3.8, 4) is 0 Å². The third kappa shape index (κ3) is 2.80. The van der Waals surface area contributed by atoms with Crippen LogP contribution in [-0.4, -0.2) is 5.78 Å². The second-order valence-corrected chi connectivity index (χ2v) is 5.46. The van der Waals surface area contributed by atoms with Crippen molar-refractivity contribution in [2.75, 3.05) is 0 Å². The number of hydrogen-bond donors (Lipinski definition) is 0. The van der Waals surface area contributed by atoms with Crippen LogP contribution in [-0.2, 0) is 0 Å². The zero-order chi connectivity index (χ0) is 10.7. The molecule has 0 spiro atoms. The summed E-state index contributed by atoms with van der Waals surface area (Å²) < 4.78 is 1.15. The van der Waals surface area contributed by atoms with E-state index >= 15 is 0 Å². The lowest BCUT2D eigenvalue weighted by molar-refractivity contribution is 0.0889. The molecule has 0 amide bonds. The van der Waals surface area contributed by atoms with Crippen LogP contribution in [0.3, 0.4) is 0 Å². The number of carbonyl (C=O) groups is 1. The van der Waals surface area contributed by atoms with E-state index in [1.807, 2.05) is 24.3 Å². The molecule has 2 heteroatoms. The van der Waals surface area contributed by atoms with Gasteiger partial charge in [-0.15, -0.1) is 0 Å². The van der Waals surface area contributed by atoms with Crippen molar-refractivity contribution in [3.05, 3.63) is 33.4 Å². The lowest BCUT2D eigenvalue weighted by Gasteiger charge is -2.20. The van der Waals surface area contributed by atoms with E-state index in [2.05, 4.69) is 22.6 Å². The first-order valence-electron chi connectivity index (χ1n) is 5.57. The van der Waals surface area contributed by atoms with Gasteiger partial charge in [0.15, 0.2) is 5.78 Å². The molecule has 2 rings (SSSR count). The monoisotopic (exact) mass is 314 g/mol. The highest BCUT2D eigenvalue weighted by atomic mass is 127. The summed E-state index contributed by atoms with van der Waals surface area (Å²) in [6.07, 6.45) is 5.92. The summed E-state index contributed by atoms with van der Waals surface area (Å²) in [4.78, 5) is 12.1. The van der Waals surface area contributed by atoms with Gasteiger partial charge in [-0.05, 0) is 47.6 Å². The normalized spacial score (nSPS) is 17.7. The first kappa shape index (κ1) is 11.1. The van der Waals surface area contributed by atoms with Crippen molar-refractivity contribution >= 4 is 28.4 Å². The highest BCUT2D eigenvalue weighted by molar-refractivity contribution is 14.1. The Labute approximate surface area is 104 Å². The number of hydrogen-bond acceptors (Lipinski definition) is 1. The van der Waals surface area contributed by atoms with Crippen molar-refractivity contribution in [1.82, 2.24) is 0 Å². The van der Waals surface area contributed by atoms with Gasteiger partial charge in [-0.25, -0.2) is 0 Å². The highest BCUT2D eigenvalue weighted by Gasteiger charge is 2.22. The van der Waals surface area contributed by atoms with Crippen molar-refractivity contribution in [2.24, 2.45) is 5.92 Å². The highest BCUT2D eigenvalue weighted by Crippen LogP contribution is 2.27. The molecule has 0 aromatic heterocycles. The van der Waals surface area contributed by atoms with Crippen LogP contribution in [0.5, 0.6) is 0 Å². The van der Waals surface area contributed by atoms with Gasteiger partial charge in [-0.2, -0.15) is 0 Å². The van der Waals surface area contributed by atoms with Gasteiger partial charge in [0.2, 0.25) is 0 Å². The Morgan fingerprint density at radius 1 is 1.20 bits per heavy atom. The predicted molar refractivity (Wildman–Crippen MR) is 70.1 cm³/mol. The number of Topliss-reactive ketones (excluding diaryl/α,β-unsaturated/α-hetero) is 1. The number of rotatable bonds is 2. The van der Waals surface area contributed by atoms with E-state index in [0.717, 1.165) is 22.0 Å². The number of carbonyl (C=O) groups excluding carboxylic acids is 1. The Balaban J connectivity index is 2.12. The molecule has 0 bridgehead atoms. The van der Waals surface area contributed by atoms with Crippen molar-refractivity contribution < 1.29 is 4.79 Å². The van der Waals surface area contributed by atoms with Gasteiger partial charge in [0.1, 0.15) is 0 Å². The summed E-state index contributed by atoms with van der Waals surface area (Å²) in [5, 5.41) is 0. The van der Waals surface area contributed by atoms with Crippen LogP contribution in [0.2, 0.25) is 0 Å². The van der Waals surface area contributed by atoms with Crippen LogP contribution in [0.1, 0.15) is 42.5 Å². The Bertz CT molecular complexity index is 353. The number of halogens is 1. The summed E-state index contributed by atoms with van der Waals surface area (Å²) in [5.74, 6) is 0.644. The van der Waals surface area contributed by atoms with E-state index < -0.39 is 0 Å². The Morgan fingerprint density at radius 3 is 2.60 bits per heavy atom. The lowest BCUT2D eigenvalue weighted by atomic mass is 9.84. The molecule has 1 fully saturated rings.